The van der Waals surface area contributed by atoms with Crippen LogP contribution in [0.1, 0.15) is 25.8 Å². The van der Waals surface area contributed by atoms with Gasteiger partial charge in [0.25, 0.3) is 11.8 Å². The summed E-state index contributed by atoms with van der Waals surface area (Å²) in [4.78, 5) is 27.8. The SMILES string of the molecule is COc1ccc(C2=C(Nc3ccc4c(c3)OCO4)C(=O)N(CCCOC(C)C)C2=O)cc1. The number of rotatable bonds is 9. The summed E-state index contributed by atoms with van der Waals surface area (Å²) in [6.07, 6.45) is 0.652. The number of ether oxygens (including phenoxy) is 4. The predicted octanol–water partition coefficient (Wildman–Crippen LogP) is 3.43. The third kappa shape index (κ3) is 4.40. The van der Waals surface area contributed by atoms with Crippen molar-refractivity contribution < 1.29 is 28.5 Å². The van der Waals surface area contributed by atoms with Gasteiger partial charge in [-0.05, 0) is 50.1 Å². The van der Waals surface area contributed by atoms with Gasteiger partial charge in [-0.1, -0.05) is 12.1 Å². The third-order valence-electron chi connectivity index (χ3n) is 5.17. The Kier molecular flexibility index (Phi) is 6.32. The number of carbonyl (C=O) groups excluding carboxylic acids is 2. The molecule has 2 aliphatic heterocycles. The smallest absolute Gasteiger partial charge is 0.278 e. The third-order valence-corrected chi connectivity index (χ3v) is 5.17. The fourth-order valence-corrected chi connectivity index (χ4v) is 3.58. The van der Waals surface area contributed by atoms with Gasteiger partial charge in [-0.15, -0.1) is 0 Å². The van der Waals surface area contributed by atoms with Crippen LogP contribution < -0.4 is 19.5 Å². The van der Waals surface area contributed by atoms with Gasteiger partial charge in [-0.25, -0.2) is 0 Å². The highest BCUT2D eigenvalue weighted by Crippen LogP contribution is 2.36. The van der Waals surface area contributed by atoms with Crippen LogP contribution in [0.2, 0.25) is 0 Å². The first-order valence-electron chi connectivity index (χ1n) is 10.5. The molecule has 0 saturated heterocycles. The summed E-state index contributed by atoms with van der Waals surface area (Å²) >= 11 is 0. The minimum absolute atomic E-state index is 0.0937. The lowest BCUT2D eigenvalue weighted by molar-refractivity contribution is -0.137. The maximum atomic E-state index is 13.3. The summed E-state index contributed by atoms with van der Waals surface area (Å²) in [7, 11) is 1.58. The van der Waals surface area contributed by atoms with Gasteiger partial charge in [0.15, 0.2) is 11.5 Å². The molecule has 0 fully saturated rings. The summed E-state index contributed by atoms with van der Waals surface area (Å²) in [5.41, 5.74) is 1.80. The van der Waals surface area contributed by atoms with Crippen LogP contribution in [0.25, 0.3) is 5.57 Å². The highest BCUT2D eigenvalue weighted by atomic mass is 16.7. The summed E-state index contributed by atoms with van der Waals surface area (Å²) in [5, 5.41) is 3.14. The number of fused-ring (bicyclic) bond motifs is 1. The number of amides is 2. The van der Waals surface area contributed by atoms with Crippen LogP contribution in [0.15, 0.2) is 48.2 Å². The van der Waals surface area contributed by atoms with Crippen molar-refractivity contribution in [2.75, 3.05) is 32.4 Å². The summed E-state index contributed by atoms with van der Waals surface area (Å²) in [5.74, 6) is 1.18. The summed E-state index contributed by atoms with van der Waals surface area (Å²) < 4.78 is 21.5. The molecule has 0 unspecified atom stereocenters. The van der Waals surface area contributed by atoms with Crippen molar-refractivity contribution in [3.63, 3.8) is 0 Å². The average Bonchev–Trinajstić information content (AvgIpc) is 3.34. The number of benzene rings is 2. The Morgan fingerprint density at radius 1 is 1.03 bits per heavy atom. The van der Waals surface area contributed by atoms with Crippen LogP contribution >= 0.6 is 0 Å². The van der Waals surface area contributed by atoms with E-state index < -0.39 is 0 Å². The lowest BCUT2D eigenvalue weighted by atomic mass is 10.0. The second-order valence-corrected chi connectivity index (χ2v) is 7.71. The number of imide groups is 1. The normalized spacial score (nSPS) is 15.2. The number of nitrogens with one attached hydrogen (secondary N) is 1. The highest BCUT2D eigenvalue weighted by Gasteiger charge is 2.39. The van der Waals surface area contributed by atoms with Crippen LogP contribution in [0.5, 0.6) is 17.2 Å². The predicted molar refractivity (Wildman–Crippen MR) is 119 cm³/mol. The molecule has 168 valence electrons. The quantitative estimate of drug-likeness (QED) is 0.474. The average molecular weight is 438 g/mol. The Balaban J connectivity index is 1.62. The zero-order chi connectivity index (χ0) is 22.7. The van der Waals surface area contributed by atoms with Crippen molar-refractivity contribution in [3.8, 4) is 17.2 Å². The second-order valence-electron chi connectivity index (χ2n) is 7.71. The van der Waals surface area contributed by atoms with Crippen LogP contribution in [0.3, 0.4) is 0 Å². The Hall–Kier alpha value is -3.52. The monoisotopic (exact) mass is 438 g/mol. The molecule has 0 aromatic heterocycles. The lowest BCUT2D eigenvalue weighted by Crippen LogP contribution is -2.34. The van der Waals surface area contributed by atoms with E-state index in [-0.39, 0.29) is 37.0 Å². The van der Waals surface area contributed by atoms with Crippen molar-refractivity contribution in [1.82, 2.24) is 4.90 Å². The van der Waals surface area contributed by atoms with E-state index in [1.165, 1.54) is 4.90 Å². The van der Waals surface area contributed by atoms with Crippen LogP contribution in [-0.4, -0.2) is 49.9 Å². The maximum absolute atomic E-state index is 13.3. The maximum Gasteiger partial charge on any atom is 0.278 e. The molecule has 0 saturated carbocycles. The van der Waals surface area contributed by atoms with Gasteiger partial charge in [0.2, 0.25) is 6.79 Å². The lowest BCUT2D eigenvalue weighted by Gasteiger charge is -2.16. The zero-order valence-corrected chi connectivity index (χ0v) is 18.3. The molecule has 8 heteroatoms. The molecule has 2 amide bonds. The Labute approximate surface area is 186 Å². The molecule has 2 heterocycles. The van der Waals surface area contributed by atoms with Crippen molar-refractivity contribution in [1.29, 1.82) is 0 Å². The van der Waals surface area contributed by atoms with Gasteiger partial charge in [-0.2, -0.15) is 0 Å². The first-order chi connectivity index (χ1) is 15.5. The number of hydrogen-bond acceptors (Lipinski definition) is 7. The molecule has 0 spiro atoms. The number of nitrogens with zero attached hydrogens (tertiary/aromatic N) is 1. The Morgan fingerprint density at radius 2 is 1.78 bits per heavy atom. The first kappa shape index (κ1) is 21.7. The van der Waals surface area contributed by atoms with Gasteiger partial charge in [0, 0.05) is 24.9 Å². The van der Waals surface area contributed by atoms with E-state index in [9.17, 15) is 9.59 Å². The van der Waals surface area contributed by atoms with Crippen molar-refractivity contribution >= 4 is 23.1 Å². The van der Waals surface area contributed by atoms with Gasteiger partial charge >= 0.3 is 0 Å². The standard InChI is InChI=1S/C24H26N2O6/c1-15(2)30-12-4-11-26-23(27)21(16-5-8-18(29-3)9-6-16)22(24(26)28)25-17-7-10-19-20(13-17)32-14-31-19/h5-10,13,15,25H,4,11-12,14H2,1-3H3. The molecule has 4 rings (SSSR count). The Morgan fingerprint density at radius 3 is 2.50 bits per heavy atom. The molecule has 0 aliphatic carbocycles. The van der Waals surface area contributed by atoms with Gasteiger partial charge in [0.1, 0.15) is 11.4 Å². The summed E-state index contributed by atoms with van der Waals surface area (Å²) in [6.45, 7) is 4.79. The van der Waals surface area contributed by atoms with Gasteiger partial charge in [0.05, 0.1) is 18.8 Å². The number of anilines is 1. The van der Waals surface area contributed by atoms with E-state index in [0.717, 1.165) is 0 Å². The van der Waals surface area contributed by atoms with E-state index in [1.807, 2.05) is 13.8 Å². The zero-order valence-electron chi connectivity index (χ0n) is 18.3. The molecule has 0 radical (unpaired) electrons. The molecule has 1 N–H and O–H groups in total. The number of carbonyl (C=O) groups is 2. The molecular formula is C24H26N2O6. The fourth-order valence-electron chi connectivity index (χ4n) is 3.58. The van der Waals surface area contributed by atoms with Crippen molar-refractivity contribution in [3.05, 3.63) is 53.7 Å². The molecular weight excluding hydrogens is 412 g/mol. The van der Waals surface area contributed by atoms with Crippen LogP contribution in [-0.2, 0) is 14.3 Å². The van der Waals surface area contributed by atoms with E-state index in [2.05, 4.69) is 5.32 Å². The van der Waals surface area contributed by atoms with Gasteiger partial charge < -0.3 is 24.3 Å². The van der Waals surface area contributed by atoms with E-state index >= 15 is 0 Å². The fraction of sp³-hybridized carbons (Fsp3) is 0.333. The topological polar surface area (TPSA) is 86.3 Å². The molecule has 8 nitrogen and oxygen atoms in total. The molecule has 2 aliphatic rings. The van der Waals surface area contributed by atoms with Crippen LogP contribution in [0.4, 0.5) is 5.69 Å². The first-order valence-corrected chi connectivity index (χ1v) is 10.5. The largest absolute Gasteiger partial charge is 0.497 e. The molecule has 2 aromatic carbocycles. The van der Waals surface area contributed by atoms with E-state index in [0.29, 0.717) is 47.1 Å². The number of hydrogen-bond donors (Lipinski definition) is 1. The second kappa shape index (κ2) is 9.32. The van der Waals surface area contributed by atoms with Gasteiger partial charge in [-0.3, -0.25) is 14.5 Å². The molecule has 0 atom stereocenters. The minimum atomic E-state index is -0.372. The number of methoxy groups -OCH3 is 1. The van der Waals surface area contributed by atoms with Crippen molar-refractivity contribution in [2.24, 2.45) is 0 Å². The molecule has 0 bridgehead atoms. The van der Waals surface area contributed by atoms with Crippen molar-refractivity contribution in [2.45, 2.75) is 26.4 Å². The highest BCUT2D eigenvalue weighted by molar-refractivity contribution is 6.36. The minimum Gasteiger partial charge on any atom is -0.497 e. The van der Waals surface area contributed by atoms with Crippen LogP contribution in [0, 0.1) is 0 Å². The van der Waals surface area contributed by atoms with E-state index in [4.69, 9.17) is 18.9 Å². The molecule has 32 heavy (non-hydrogen) atoms. The summed E-state index contributed by atoms with van der Waals surface area (Å²) in [6, 6.07) is 12.4. The van der Waals surface area contributed by atoms with E-state index in [1.54, 1.807) is 49.6 Å². The molecule has 2 aromatic rings. The Bertz CT molecular complexity index is 1040.